The molecule has 1 saturated heterocycles. The molecular weight excluding hydrogens is 252 g/mol. The number of pyridine rings is 1. The van der Waals surface area contributed by atoms with Crippen molar-refractivity contribution in [3.63, 3.8) is 0 Å². The maximum Gasteiger partial charge on any atom is 0.158 e. The molecule has 0 radical (unpaired) electrons. The fraction of sp³-hybridized carbons (Fsp3) is 0.600. The van der Waals surface area contributed by atoms with Crippen molar-refractivity contribution in [3.8, 4) is 0 Å². The van der Waals surface area contributed by atoms with E-state index >= 15 is 0 Å². The van der Waals surface area contributed by atoms with Gasteiger partial charge in [-0.3, -0.25) is 4.90 Å². The third-order valence-electron chi connectivity index (χ3n) is 3.81. The van der Waals surface area contributed by atoms with Gasteiger partial charge in [-0.2, -0.15) is 5.10 Å². The fourth-order valence-electron chi connectivity index (χ4n) is 2.68. The van der Waals surface area contributed by atoms with E-state index in [9.17, 15) is 0 Å². The lowest BCUT2D eigenvalue weighted by molar-refractivity contribution is 0.0361. The van der Waals surface area contributed by atoms with Crippen LogP contribution in [0.4, 0.5) is 0 Å². The van der Waals surface area contributed by atoms with Crippen LogP contribution in [0.2, 0.25) is 0 Å². The average molecular weight is 274 g/mol. The van der Waals surface area contributed by atoms with E-state index in [1.54, 1.807) is 0 Å². The van der Waals surface area contributed by atoms with Crippen molar-refractivity contribution < 1.29 is 4.74 Å². The van der Waals surface area contributed by atoms with E-state index in [1.165, 1.54) is 5.39 Å². The molecule has 1 aliphatic heterocycles. The summed E-state index contributed by atoms with van der Waals surface area (Å²) in [5.74, 6) is 0.423. The Bertz CT molecular complexity index is 572. The summed E-state index contributed by atoms with van der Waals surface area (Å²) < 4.78 is 7.44. The van der Waals surface area contributed by atoms with Crippen molar-refractivity contribution in [1.29, 1.82) is 0 Å². The molecule has 0 N–H and O–H groups in total. The molecule has 0 unspecified atom stereocenters. The van der Waals surface area contributed by atoms with Crippen LogP contribution in [-0.2, 0) is 11.3 Å². The number of fused-ring (bicyclic) bond motifs is 1. The summed E-state index contributed by atoms with van der Waals surface area (Å²) in [6, 6.07) is 4.11. The average Bonchev–Trinajstić information content (AvgIpc) is 2.85. The lowest BCUT2D eigenvalue weighted by Gasteiger charge is -2.26. The molecule has 20 heavy (non-hydrogen) atoms. The quantitative estimate of drug-likeness (QED) is 0.854. The molecule has 2 aromatic heterocycles. The Labute approximate surface area is 119 Å². The van der Waals surface area contributed by atoms with E-state index in [1.807, 2.05) is 12.3 Å². The van der Waals surface area contributed by atoms with Crippen molar-refractivity contribution in [2.24, 2.45) is 0 Å². The first-order valence-electron chi connectivity index (χ1n) is 7.37. The molecule has 0 spiro atoms. The maximum absolute atomic E-state index is 5.38. The molecule has 0 atom stereocenters. The van der Waals surface area contributed by atoms with Crippen molar-refractivity contribution >= 4 is 11.0 Å². The third-order valence-corrected chi connectivity index (χ3v) is 3.81. The fourth-order valence-corrected chi connectivity index (χ4v) is 2.68. The van der Waals surface area contributed by atoms with Gasteiger partial charge in [-0.25, -0.2) is 9.67 Å². The summed E-state index contributed by atoms with van der Waals surface area (Å²) in [7, 11) is 0. The van der Waals surface area contributed by atoms with Crippen LogP contribution in [0.3, 0.4) is 0 Å². The lowest BCUT2D eigenvalue weighted by Crippen LogP contribution is -2.38. The van der Waals surface area contributed by atoms with E-state index < -0.39 is 0 Å². The normalized spacial score (nSPS) is 17.1. The smallest absolute Gasteiger partial charge is 0.158 e. The Morgan fingerprint density at radius 1 is 1.25 bits per heavy atom. The molecule has 5 nitrogen and oxygen atoms in total. The molecule has 0 amide bonds. The van der Waals surface area contributed by atoms with Crippen molar-refractivity contribution in [3.05, 3.63) is 24.0 Å². The molecule has 0 aliphatic carbocycles. The summed E-state index contributed by atoms with van der Waals surface area (Å²) in [4.78, 5) is 6.93. The van der Waals surface area contributed by atoms with Gasteiger partial charge in [-0.05, 0) is 18.1 Å². The van der Waals surface area contributed by atoms with Gasteiger partial charge in [-0.15, -0.1) is 0 Å². The van der Waals surface area contributed by atoms with E-state index in [2.05, 4.69) is 34.5 Å². The second-order valence-corrected chi connectivity index (χ2v) is 5.59. The zero-order chi connectivity index (χ0) is 13.9. The van der Waals surface area contributed by atoms with Gasteiger partial charge in [0.2, 0.25) is 0 Å². The van der Waals surface area contributed by atoms with Gasteiger partial charge in [0.1, 0.15) is 0 Å². The number of morpholine rings is 1. The zero-order valence-corrected chi connectivity index (χ0v) is 12.2. The van der Waals surface area contributed by atoms with Crippen LogP contribution >= 0.6 is 0 Å². The predicted molar refractivity (Wildman–Crippen MR) is 78.9 cm³/mol. The minimum Gasteiger partial charge on any atom is -0.379 e. The third kappa shape index (κ3) is 2.69. The largest absolute Gasteiger partial charge is 0.379 e. The van der Waals surface area contributed by atoms with Gasteiger partial charge >= 0.3 is 0 Å². The topological polar surface area (TPSA) is 43.2 Å². The number of hydrogen-bond donors (Lipinski definition) is 0. The molecule has 3 rings (SSSR count). The van der Waals surface area contributed by atoms with Gasteiger partial charge in [0, 0.05) is 31.2 Å². The van der Waals surface area contributed by atoms with E-state index in [0.717, 1.165) is 50.7 Å². The predicted octanol–water partition coefficient (Wildman–Crippen LogP) is 1.89. The summed E-state index contributed by atoms with van der Waals surface area (Å²) >= 11 is 0. The summed E-state index contributed by atoms with van der Waals surface area (Å²) in [6.07, 6.45) is 1.85. The van der Waals surface area contributed by atoms with Crippen molar-refractivity contribution in [2.45, 2.75) is 26.3 Å². The molecule has 3 heterocycles. The monoisotopic (exact) mass is 274 g/mol. The molecule has 0 saturated carbocycles. The summed E-state index contributed by atoms with van der Waals surface area (Å²) in [5, 5.41) is 5.95. The van der Waals surface area contributed by atoms with Gasteiger partial charge < -0.3 is 4.74 Å². The Morgan fingerprint density at radius 3 is 2.80 bits per heavy atom. The van der Waals surface area contributed by atoms with Crippen LogP contribution in [0.25, 0.3) is 11.0 Å². The maximum atomic E-state index is 5.38. The molecule has 5 heteroatoms. The first-order valence-corrected chi connectivity index (χ1v) is 7.37. The van der Waals surface area contributed by atoms with Gasteiger partial charge in [0.05, 0.1) is 25.5 Å². The summed E-state index contributed by atoms with van der Waals surface area (Å²) in [5.41, 5.74) is 2.15. The highest BCUT2D eigenvalue weighted by molar-refractivity contribution is 5.78. The highest BCUT2D eigenvalue weighted by Gasteiger charge is 2.15. The molecular formula is C15H22N4O. The number of hydrogen-bond acceptors (Lipinski definition) is 4. The van der Waals surface area contributed by atoms with Gasteiger partial charge in [-0.1, -0.05) is 13.8 Å². The Kier molecular flexibility index (Phi) is 3.98. The van der Waals surface area contributed by atoms with E-state index in [0.29, 0.717) is 5.92 Å². The van der Waals surface area contributed by atoms with Crippen molar-refractivity contribution in [1.82, 2.24) is 19.7 Å². The summed E-state index contributed by atoms with van der Waals surface area (Å²) in [6.45, 7) is 9.98. The number of ether oxygens (including phenoxy) is 1. The molecule has 108 valence electrons. The second-order valence-electron chi connectivity index (χ2n) is 5.59. The molecule has 2 aromatic rings. The molecule has 0 bridgehead atoms. The molecule has 0 aromatic carbocycles. The minimum absolute atomic E-state index is 0.423. The first-order chi connectivity index (χ1) is 9.75. The Balaban J connectivity index is 1.80. The van der Waals surface area contributed by atoms with Crippen LogP contribution in [0.5, 0.6) is 0 Å². The van der Waals surface area contributed by atoms with Gasteiger partial charge in [0.25, 0.3) is 0 Å². The van der Waals surface area contributed by atoms with Crippen LogP contribution in [0.1, 0.15) is 25.5 Å². The van der Waals surface area contributed by atoms with Gasteiger partial charge in [0.15, 0.2) is 5.65 Å². The number of nitrogens with zero attached hydrogens (tertiary/aromatic N) is 4. The Hall–Kier alpha value is -1.46. The van der Waals surface area contributed by atoms with E-state index in [-0.39, 0.29) is 0 Å². The number of aromatic nitrogens is 3. The van der Waals surface area contributed by atoms with Crippen LogP contribution in [0.15, 0.2) is 18.3 Å². The minimum atomic E-state index is 0.423. The molecule has 1 aliphatic rings. The van der Waals surface area contributed by atoms with Crippen molar-refractivity contribution in [2.75, 3.05) is 32.8 Å². The Morgan fingerprint density at radius 2 is 2.05 bits per heavy atom. The number of rotatable bonds is 4. The van der Waals surface area contributed by atoms with Crippen LogP contribution in [-0.4, -0.2) is 52.5 Å². The lowest BCUT2D eigenvalue weighted by atomic mass is 10.1. The second kappa shape index (κ2) is 5.89. The van der Waals surface area contributed by atoms with E-state index in [4.69, 9.17) is 9.84 Å². The highest BCUT2D eigenvalue weighted by atomic mass is 16.5. The zero-order valence-electron chi connectivity index (χ0n) is 12.2. The standard InChI is InChI=1S/C15H22N4O/c1-12(2)14-13-4-3-5-16-15(13)19(17-14)7-6-18-8-10-20-11-9-18/h3-5,12H,6-11H2,1-2H3. The first kappa shape index (κ1) is 13.5. The van der Waals surface area contributed by atoms with Crippen LogP contribution < -0.4 is 0 Å². The highest BCUT2D eigenvalue weighted by Crippen LogP contribution is 2.23. The SMILES string of the molecule is CC(C)c1nn(CCN2CCOCC2)c2ncccc12. The van der Waals surface area contributed by atoms with Crippen LogP contribution in [0, 0.1) is 0 Å². The molecule has 1 fully saturated rings.